The molecule has 19 heavy (non-hydrogen) atoms. The second kappa shape index (κ2) is 6.11. The van der Waals surface area contributed by atoms with Gasteiger partial charge in [0.2, 0.25) is 0 Å². The molecular formula is C16H34O3. The lowest BCUT2D eigenvalue weighted by Gasteiger charge is -2.46. The second-order valence-corrected chi connectivity index (χ2v) is 7.22. The smallest absolute Gasteiger partial charge is 0.0928 e. The van der Waals surface area contributed by atoms with Crippen molar-refractivity contribution in [3.8, 4) is 0 Å². The van der Waals surface area contributed by atoms with Crippen LogP contribution in [0.5, 0.6) is 0 Å². The number of hydrogen-bond acceptors (Lipinski definition) is 3. The summed E-state index contributed by atoms with van der Waals surface area (Å²) in [7, 11) is 0. The van der Waals surface area contributed by atoms with E-state index < -0.39 is 16.8 Å². The van der Waals surface area contributed by atoms with E-state index in [2.05, 4.69) is 0 Å². The third-order valence-electron chi connectivity index (χ3n) is 5.53. The molecule has 3 nitrogen and oxygen atoms in total. The Hall–Kier alpha value is -0.120. The summed E-state index contributed by atoms with van der Waals surface area (Å²) in [5, 5.41) is 31.8. The van der Waals surface area contributed by atoms with Gasteiger partial charge < -0.3 is 15.3 Å². The summed E-state index contributed by atoms with van der Waals surface area (Å²) in [6.07, 6.45) is 1.17. The molecule has 0 radical (unpaired) electrons. The maximum Gasteiger partial charge on any atom is 0.0928 e. The SMILES string of the molecule is CCC(C)C(C)(O)C(C)(O)CC(C)C(C)(O)C(C)C. The van der Waals surface area contributed by atoms with Crippen LogP contribution in [-0.2, 0) is 0 Å². The van der Waals surface area contributed by atoms with E-state index in [4.69, 9.17) is 0 Å². The molecule has 5 unspecified atom stereocenters. The van der Waals surface area contributed by atoms with Crippen molar-refractivity contribution in [3.63, 3.8) is 0 Å². The molecule has 0 aromatic carbocycles. The van der Waals surface area contributed by atoms with Crippen LogP contribution in [0.15, 0.2) is 0 Å². The van der Waals surface area contributed by atoms with Gasteiger partial charge in [0, 0.05) is 0 Å². The van der Waals surface area contributed by atoms with E-state index in [0.29, 0.717) is 6.42 Å². The highest BCUT2D eigenvalue weighted by atomic mass is 16.4. The first-order valence-electron chi connectivity index (χ1n) is 7.47. The molecule has 0 amide bonds. The van der Waals surface area contributed by atoms with E-state index >= 15 is 0 Å². The zero-order valence-corrected chi connectivity index (χ0v) is 14.0. The summed E-state index contributed by atoms with van der Waals surface area (Å²) in [5.41, 5.74) is -3.24. The molecule has 116 valence electrons. The lowest BCUT2D eigenvalue weighted by Crippen LogP contribution is -2.56. The molecule has 3 N–H and O–H groups in total. The maximum absolute atomic E-state index is 10.7. The van der Waals surface area contributed by atoms with Crippen LogP contribution >= 0.6 is 0 Å². The van der Waals surface area contributed by atoms with Crippen LogP contribution in [0.1, 0.15) is 68.2 Å². The summed E-state index contributed by atoms with van der Waals surface area (Å²) < 4.78 is 0. The summed E-state index contributed by atoms with van der Waals surface area (Å²) in [4.78, 5) is 0. The zero-order chi connectivity index (χ0) is 15.6. The molecule has 0 spiro atoms. The Morgan fingerprint density at radius 2 is 1.26 bits per heavy atom. The first-order chi connectivity index (χ1) is 8.30. The first kappa shape index (κ1) is 18.9. The van der Waals surface area contributed by atoms with Crippen molar-refractivity contribution < 1.29 is 15.3 Å². The van der Waals surface area contributed by atoms with Crippen LogP contribution in [-0.4, -0.2) is 32.1 Å². The van der Waals surface area contributed by atoms with Crippen molar-refractivity contribution in [3.05, 3.63) is 0 Å². The van der Waals surface area contributed by atoms with Crippen molar-refractivity contribution in [2.45, 2.75) is 85.0 Å². The fourth-order valence-corrected chi connectivity index (χ4v) is 2.51. The van der Waals surface area contributed by atoms with Gasteiger partial charge in [0.05, 0.1) is 16.8 Å². The number of rotatable bonds is 7. The van der Waals surface area contributed by atoms with E-state index in [1.165, 1.54) is 0 Å². The molecule has 0 fully saturated rings. The molecule has 0 aliphatic carbocycles. The highest BCUT2D eigenvalue weighted by Crippen LogP contribution is 2.39. The molecule has 5 atom stereocenters. The maximum atomic E-state index is 10.7. The van der Waals surface area contributed by atoms with Crippen LogP contribution in [0, 0.1) is 17.8 Å². The third kappa shape index (κ3) is 3.93. The molecular weight excluding hydrogens is 240 g/mol. The normalized spacial score (nSPS) is 25.3. The Morgan fingerprint density at radius 1 is 0.842 bits per heavy atom. The first-order valence-corrected chi connectivity index (χ1v) is 7.47. The highest BCUT2D eigenvalue weighted by Gasteiger charge is 2.48. The molecule has 0 bridgehead atoms. The van der Waals surface area contributed by atoms with Gasteiger partial charge in [-0.2, -0.15) is 0 Å². The van der Waals surface area contributed by atoms with Crippen molar-refractivity contribution in [1.29, 1.82) is 0 Å². The minimum absolute atomic E-state index is 0.00120. The molecule has 3 heteroatoms. The fraction of sp³-hybridized carbons (Fsp3) is 1.00. The number of aliphatic hydroxyl groups is 3. The molecule has 0 aromatic rings. The van der Waals surface area contributed by atoms with Gasteiger partial charge in [-0.3, -0.25) is 0 Å². The Balaban J connectivity index is 5.06. The molecule has 0 aliphatic rings. The van der Waals surface area contributed by atoms with Gasteiger partial charge in [-0.1, -0.05) is 41.0 Å². The molecule has 0 rings (SSSR count). The van der Waals surface area contributed by atoms with E-state index in [-0.39, 0.29) is 17.8 Å². The monoisotopic (exact) mass is 274 g/mol. The summed E-state index contributed by atoms with van der Waals surface area (Å²) in [6.45, 7) is 15.0. The molecule has 0 aliphatic heterocycles. The van der Waals surface area contributed by atoms with Crippen LogP contribution < -0.4 is 0 Å². The van der Waals surface area contributed by atoms with Gasteiger partial charge in [-0.25, -0.2) is 0 Å². The quantitative estimate of drug-likeness (QED) is 0.669. The Kier molecular flexibility index (Phi) is 6.07. The van der Waals surface area contributed by atoms with Crippen molar-refractivity contribution in [2.75, 3.05) is 0 Å². The summed E-state index contributed by atoms with van der Waals surface area (Å²) in [6, 6.07) is 0. The van der Waals surface area contributed by atoms with E-state index in [9.17, 15) is 15.3 Å². The predicted molar refractivity (Wildman–Crippen MR) is 79.9 cm³/mol. The lowest BCUT2D eigenvalue weighted by atomic mass is 9.68. The minimum atomic E-state index is -1.22. The lowest BCUT2D eigenvalue weighted by molar-refractivity contribution is -0.179. The van der Waals surface area contributed by atoms with Crippen molar-refractivity contribution in [2.24, 2.45) is 17.8 Å². The standard InChI is InChI=1S/C16H34O3/c1-9-12(4)16(8,19)14(6,17)10-13(5)15(7,18)11(2)3/h11-13,17-19H,9-10H2,1-8H3. The Bertz CT molecular complexity index is 280. The fourth-order valence-electron chi connectivity index (χ4n) is 2.51. The van der Waals surface area contributed by atoms with Gasteiger partial charge in [0.15, 0.2) is 0 Å². The van der Waals surface area contributed by atoms with Crippen LogP contribution in [0.3, 0.4) is 0 Å². The largest absolute Gasteiger partial charge is 0.390 e. The van der Waals surface area contributed by atoms with Gasteiger partial charge in [0.1, 0.15) is 0 Å². The molecule has 0 saturated heterocycles. The summed E-state index contributed by atoms with van der Waals surface area (Å²) >= 11 is 0. The third-order valence-corrected chi connectivity index (χ3v) is 5.53. The van der Waals surface area contributed by atoms with Gasteiger partial charge in [-0.05, 0) is 44.9 Å². The average Bonchev–Trinajstić information content (AvgIpc) is 2.26. The Morgan fingerprint density at radius 3 is 1.58 bits per heavy atom. The van der Waals surface area contributed by atoms with Crippen LogP contribution in [0.4, 0.5) is 0 Å². The van der Waals surface area contributed by atoms with Gasteiger partial charge in [0.25, 0.3) is 0 Å². The zero-order valence-electron chi connectivity index (χ0n) is 14.0. The topological polar surface area (TPSA) is 60.7 Å². The second-order valence-electron chi connectivity index (χ2n) is 7.22. The number of hydrogen-bond donors (Lipinski definition) is 3. The van der Waals surface area contributed by atoms with E-state index in [1.54, 1.807) is 20.8 Å². The van der Waals surface area contributed by atoms with Gasteiger partial charge in [-0.15, -0.1) is 0 Å². The summed E-state index contributed by atoms with van der Waals surface area (Å²) in [5.74, 6) is 0.00331. The minimum Gasteiger partial charge on any atom is -0.390 e. The molecule has 0 heterocycles. The van der Waals surface area contributed by atoms with E-state index in [1.807, 2.05) is 34.6 Å². The van der Waals surface area contributed by atoms with E-state index in [0.717, 1.165) is 6.42 Å². The molecule has 0 aromatic heterocycles. The van der Waals surface area contributed by atoms with Crippen molar-refractivity contribution >= 4 is 0 Å². The van der Waals surface area contributed by atoms with Crippen molar-refractivity contribution in [1.82, 2.24) is 0 Å². The molecule has 0 saturated carbocycles. The predicted octanol–water partition coefficient (Wildman–Crippen LogP) is 2.97. The van der Waals surface area contributed by atoms with Crippen LogP contribution in [0.25, 0.3) is 0 Å². The Labute approximate surface area is 119 Å². The average molecular weight is 274 g/mol. The van der Waals surface area contributed by atoms with Gasteiger partial charge >= 0.3 is 0 Å². The highest BCUT2D eigenvalue weighted by molar-refractivity contribution is 4.99. The van der Waals surface area contributed by atoms with Crippen LogP contribution in [0.2, 0.25) is 0 Å².